The minimum Gasteiger partial charge on any atom is -0.457 e. The Balaban J connectivity index is 1.31. The van der Waals surface area contributed by atoms with E-state index in [1.165, 1.54) is 31.1 Å². The smallest absolute Gasteiger partial charge is 0.415 e. The van der Waals surface area contributed by atoms with Gasteiger partial charge in [-0.15, -0.1) is 0 Å². The summed E-state index contributed by atoms with van der Waals surface area (Å²) >= 11 is 5.96. The van der Waals surface area contributed by atoms with Crippen LogP contribution in [0, 0.1) is 18.3 Å². The van der Waals surface area contributed by atoms with E-state index in [1.807, 2.05) is 30.3 Å². The van der Waals surface area contributed by atoms with Crippen molar-refractivity contribution in [3.8, 4) is 22.3 Å². The normalized spacial score (nSPS) is 17.7. The second-order valence-corrected chi connectivity index (χ2v) is 15.0. The number of carbonyl (C=O) groups is 2. The van der Waals surface area contributed by atoms with Gasteiger partial charge in [0.1, 0.15) is 23.6 Å². The third kappa shape index (κ3) is 6.25. The molecule has 3 aliphatic rings. The SMILES string of the molecule is [C-]#[N+]c1c(F)cc(N(C)C(=O)OC(C)Cl)c2c1-c1c(ncc(-c3cnc4c(c3)c(=O)c(C(=O)OCc3ccccc3)cn4C)c1N1CC[C@H]3CN(C)C[C@H]31)C2. The minimum atomic E-state index is -0.917. The monoisotopic (exact) mass is 761 g/mol. The number of hydrogen-bond donors (Lipinski definition) is 0. The maximum Gasteiger partial charge on any atom is 0.415 e. The van der Waals surface area contributed by atoms with Crippen LogP contribution in [-0.2, 0) is 29.5 Å². The number of likely N-dealkylation sites (N-methyl/N-ethyl adjacent to an activating group) is 1. The third-order valence-corrected chi connectivity index (χ3v) is 10.9. The zero-order chi connectivity index (χ0) is 38.7. The molecule has 0 N–H and O–H groups in total. The average molecular weight is 762 g/mol. The number of esters is 1. The van der Waals surface area contributed by atoms with Gasteiger partial charge in [-0.1, -0.05) is 41.9 Å². The van der Waals surface area contributed by atoms with Crippen LogP contribution in [0.5, 0.6) is 0 Å². The van der Waals surface area contributed by atoms with E-state index in [9.17, 15) is 14.4 Å². The zero-order valence-corrected chi connectivity index (χ0v) is 31.4. The van der Waals surface area contributed by atoms with Crippen LogP contribution in [-0.4, -0.2) is 76.8 Å². The first-order valence-corrected chi connectivity index (χ1v) is 18.4. The number of amides is 1. The molecule has 0 spiro atoms. The molecule has 2 aromatic carbocycles. The lowest BCUT2D eigenvalue weighted by Crippen LogP contribution is -2.35. The van der Waals surface area contributed by atoms with Crippen molar-refractivity contribution in [2.75, 3.05) is 43.5 Å². The molecule has 3 aromatic heterocycles. The van der Waals surface area contributed by atoms with E-state index in [0.29, 0.717) is 51.6 Å². The molecule has 8 rings (SSSR count). The van der Waals surface area contributed by atoms with Gasteiger partial charge in [0, 0.05) is 87.0 Å². The first kappa shape index (κ1) is 36.2. The van der Waals surface area contributed by atoms with Crippen molar-refractivity contribution in [3.63, 3.8) is 0 Å². The molecular weight excluding hydrogens is 725 g/mol. The summed E-state index contributed by atoms with van der Waals surface area (Å²) in [5.74, 6) is -1.15. The summed E-state index contributed by atoms with van der Waals surface area (Å²) in [6, 6.07) is 12.2. The van der Waals surface area contributed by atoms with Crippen LogP contribution in [0.1, 0.15) is 40.5 Å². The Morgan fingerprint density at radius 2 is 1.91 bits per heavy atom. The van der Waals surface area contributed by atoms with Crippen LogP contribution in [0.25, 0.3) is 38.1 Å². The molecule has 0 saturated carbocycles. The first-order chi connectivity index (χ1) is 26.4. The van der Waals surface area contributed by atoms with Crippen LogP contribution < -0.4 is 15.2 Å². The number of hydrogen-bond acceptors (Lipinski definition) is 9. The Morgan fingerprint density at radius 3 is 2.65 bits per heavy atom. The van der Waals surface area contributed by atoms with Gasteiger partial charge in [0.2, 0.25) is 11.1 Å². The van der Waals surface area contributed by atoms with Crippen LogP contribution in [0.15, 0.2) is 65.8 Å². The van der Waals surface area contributed by atoms with Crippen molar-refractivity contribution in [1.82, 2.24) is 19.4 Å². The molecule has 280 valence electrons. The fraction of sp³-hybridized carbons (Fsp3) is 0.317. The van der Waals surface area contributed by atoms with E-state index in [2.05, 4.69) is 21.7 Å². The molecule has 2 fully saturated rings. The number of aryl methyl sites for hydroxylation is 1. The maximum atomic E-state index is 16.1. The number of halogens is 2. The van der Waals surface area contributed by atoms with Crippen molar-refractivity contribution in [3.05, 3.63) is 111 Å². The molecule has 0 bridgehead atoms. The molecule has 1 amide bonds. The van der Waals surface area contributed by atoms with Gasteiger partial charge in [0.15, 0.2) is 5.56 Å². The quantitative estimate of drug-likeness (QED) is 0.0973. The zero-order valence-electron chi connectivity index (χ0n) is 30.7. The summed E-state index contributed by atoms with van der Waals surface area (Å²) in [5, 5.41) is 0.213. The molecule has 12 nitrogen and oxygen atoms in total. The Bertz CT molecular complexity index is 2500. The molecule has 1 aliphatic carbocycles. The van der Waals surface area contributed by atoms with E-state index in [1.54, 1.807) is 30.1 Å². The van der Waals surface area contributed by atoms with Gasteiger partial charge in [-0.3, -0.25) is 14.7 Å². The van der Waals surface area contributed by atoms with Gasteiger partial charge in [0.05, 0.1) is 29.0 Å². The Labute approximate surface area is 321 Å². The number of carbonyl (C=O) groups excluding carboxylic acids is 2. The van der Waals surface area contributed by atoms with Crippen molar-refractivity contribution < 1.29 is 23.5 Å². The number of aromatic nitrogens is 3. The third-order valence-electron chi connectivity index (χ3n) is 10.8. The standard InChI is InChI=1S/C41H37ClFN7O5/c1-22(42)55-41(53)49(5)32-15-30(43)36(44-2)34-26(32)14-31-35(34)37(50-12-11-24-18-47(3)20-33(24)50)28(17-45-31)25-13-27-38(51)29(19-48(4)39(27)46-16-25)40(52)54-21-23-9-7-6-8-10-23/h6-10,13,15-17,19,22,24,33H,11-12,14,18,20-21H2,1,3-5H3/t22?,24-,33+/m0/s1. The lowest BCUT2D eigenvalue weighted by Gasteiger charge is -2.31. The largest absolute Gasteiger partial charge is 0.457 e. The Hall–Kier alpha value is -5.84. The van der Waals surface area contributed by atoms with Gasteiger partial charge < -0.3 is 23.8 Å². The number of rotatable bonds is 7. The summed E-state index contributed by atoms with van der Waals surface area (Å²) < 4.78 is 28.4. The van der Waals surface area contributed by atoms with Crippen molar-refractivity contribution in [2.45, 2.75) is 38.0 Å². The summed E-state index contributed by atoms with van der Waals surface area (Å²) in [6.07, 6.45) is 5.22. The van der Waals surface area contributed by atoms with E-state index in [0.717, 1.165) is 30.8 Å². The van der Waals surface area contributed by atoms with Crippen molar-refractivity contribution >= 4 is 51.8 Å². The Kier molecular flexibility index (Phi) is 9.27. The second-order valence-electron chi connectivity index (χ2n) is 14.4. The molecule has 14 heteroatoms. The fourth-order valence-electron chi connectivity index (χ4n) is 8.36. The highest BCUT2D eigenvalue weighted by Crippen LogP contribution is 2.55. The predicted octanol–water partition coefficient (Wildman–Crippen LogP) is 6.91. The van der Waals surface area contributed by atoms with E-state index < -0.39 is 28.9 Å². The molecule has 3 atom stereocenters. The van der Waals surface area contributed by atoms with E-state index >= 15 is 4.39 Å². The van der Waals surface area contributed by atoms with Crippen molar-refractivity contribution in [2.24, 2.45) is 13.0 Å². The number of alkyl halides is 1. The molecule has 0 radical (unpaired) electrons. The van der Waals surface area contributed by atoms with E-state index in [4.69, 9.17) is 37.6 Å². The lowest BCUT2D eigenvalue weighted by molar-refractivity contribution is 0.0470. The van der Waals surface area contributed by atoms with Crippen LogP contribution >= 0.6 is 11.6 Å². The fourth-order valence-corrected chi connectivity index (χ4v) is 8.44. The van der Waals surface area contributed by atoms with Crippen LogP contribution in [0.2, 0.25) is 0 Å². The second kappa shape index (κ2) is 14.1. The minimum absolute atomic E-state index is 0.00960. The Morgan fingerprint density at radius 1 is 1.13 bits per heavy atom. The van der Waals surface area contributed by atoms with Gasteiger partial charge in [-0.2, -0.15) is 0 Å². The number of fused-ring (bicyclic) bond motifs is 5. The van der Waals surface area contributed by atoms with Crippen molar-refractivity contribution in [1.29, 1.82) is 0 Å². The summed E-state index contributed by atoms with van der Waals surface area (Å²) in [6.45, 7) is 12.0. The number of likely N-dealkylation sites (tertiary alicyclic amines) is 1. The molecule has 55 heavy (non-hydrogen) atoms. The number of anilines is 2. The summed E-state index contributed by atoms with van der Waals surface area (Å²) in [7, 11) is 5.27. The number of benzene rings is 2. The summed E-state index contributed by atoms with van der Waals surface area (Å²) in [5.41, 5.74) is 3.79. The van der Waals surface area contributed by atoms with Crippen LogP contribution in [0.4, 0.5) is 26.2 Å². The van der Waals surface area contributed by atoms with E-state index in [-0.39, 0.29) is 41.4 Å². The van der Waals surface area contributed by atoms with Gasteiger partial charge in [-0.05, 0) is 49.6 Å². The topological polar surface area (TPSA) is 114 Å². The molecule has 2 saturated heterocycles. The highest BCUT2D eigenvalue weighted by molar-refractivity contribution is 6.20. The van der Waals surface area contributed by atoms with Gasteiger partial charge >= 0.3 is 12.1 Å². The lowest BCUT2D eigenvalue weighted by atomic mass is 9.95. The number of nitrogens with zero attached hydrogens (tertiary/aromatic N) is 7. The molecule has 5 aromatic rings. The van der Waals surface area contributed by atoms with Gasteiger partial charge in [-0.25, -0.2) is 23.8 Å². The van der Waals surface area contributed by atoms with Gasteiger partial charge in [0.25, 0.3) is 0 Å². The highest BCUT2D eigenvalue weighted by atomic mass is 35.5. The van der Waals surface area contributed by atoms with Crippen LogP contribution in [0.3, 0.4) is 0 Å². The number of ether oxygens (including phenoxy) is 2. The number of pyridine rings is 3. The summed E-state index contributed by atoms with van der Waals surface area (Å²) in [4.78, 5) is 59.4. The highest BCUT2D eigenvalue weighted by Gasteiger charge is 2.44. The predicted molar refractivity (Wildman–Crippen MR) is 207 cm³/mol. The molecule has 5 heterocycles. The maximum absolute atomic E-state index is 16.1. The average Bonchev–Trinajstić information content (AvgIpc) is 3.86. The molecule has 1 unspecified atom stereocenters. The molecular formula is C41H37ClFN7O5. The first-order valence-electron chi connectivity index (χ1n) is 17.9. The molecule has 2 aliphatic heterocycles.